The standard InChI is InChI=1S/C16H9ClF2N2/c17-15-9-14(12-7-6-11(18)8-13(12)19)20-16(21-15)10-4-2-1-3-5-10/h1-9H. The fraction of sp³-hybridized carbons (Fsp3) is 0. The van der Waals surface area contributed by atoms with Gasteiger partial charge in [-0.2, -0.15) is 0 Å². The summed E-state index contributed by atoms with van der Waals surface area (Å²) in [5.41, 5.74) is 1.26. The van der Waals surface area contributed by atoms with E-state index >= 15 is 0 Å². The van der Waals surface area contributed by atoms with E-state index < -0.39 is 11.6 Å². The van der Waals surface area contributed by atoms with E-state index in [1.807, 2.05) is 30.3 Å². The van der Waals surface area contributed by atoms with Gasteiger partial charge in [0.2, 0.25) is 0 Å². The molecule has 5 heteroatoms. The Hall–Kier alpha value is -2.33. The molecule has 0 amide bonds. The summed E-state index contributed by atoms with van der Waals surface area (Å²) in [5, 5.41) is 0.197. The highest BCUT2D eigenvalue weighted by Gasteiger charge is 2.11. The topological polar surface area (TPSA) is 25.8 Å². The lowest BCUT2D eigenvalue weighted by molar-refractivity contribution is 0.585. The molecule has 0 bridgehead atoms. The van der Waals surface area contributed by atoms with Crippen molar-refractivity contribution in [3.8, 4) is 22.6 Å². The molecular weight excluding hydrogens is 294 g/mol. The Balaban J connectivity index is 2.14. The first-order valence-corrected chi connectivity index (χ1v) is 6.57. The summed E-state index contributed by atoms with van der Waals surface area (Å²) in [5.74, 6) is -0.940. The maximum atomic E-state index is 13.9. The van der Waals surface area contributed by atoms with Crippen molar-refractivity contribution >= 4 is 11.6 Å². The lowest BCUT2D eigenvalue weighted by Gasteiger charge is -2.06. The summed E-state index contributed by atoms with van der Waals surface area (Å²) in [6, 6.07) is 14.0. The van der Waals surface area contributed by atoms with Gasteiger partial charge in [-0.25, -0.2) is 18.7 Å². The maximum Gasteiger partial charge on any atom is 0.161 e. The molecule has 2 nitrogen and oxygen atoms in total. The average molecular weight is 303 g/mol. The average Bonchev–Trinajstić information content (AvgIpc) is 2.47. The van der Waals surface area contributed by atoms with Crippen molar-refractivity contribution in [3.63, 3.8) is 0 Å². The Bertz CT molecular complexity index is 792. The fourth-order valence-corrected chi connectivity index (χ4v) is 2.15. The normalized spacial score (nSPS) is 10.6. The van der Waals surface area contributed by atoms with Gasteiger partial charge in [0.1, 0.15) is 16.8 Å². The Kier molecular flexibility index (Phi) is 3.62. The van der Waals surface area contributed by atoms with Crippen LogP contribution in [0.4, 0.5) is 8.78 Å². The second-order valence-corrected chi connectivity index (χ2v) is 4.78. The van der Waals surface area contributed by atoms with Gasteiger partial charge in [-0.1, -0.05) is 41.9 Å². The number of hydrogen-bond acceptors (Lipinski definition) is 2. The Morgan fingerprint density at radius 3 is 2.33 bits per heavy atom. The van der Waals surface area contributed by atoms with Gasteiger partial charge >= 0.3 is 0 Å². The lowest BCUT2D eigenvalue weighted by atomic mass is 10.1. The zero-order valence-corrected chi connectivity index (χ0v) is 11.5. The van der Waals surface area contributed by atoms with E-state index in [1.165, 1.54) is 18.2 Å². The number of nitrogens with zero attached hydrogens (tertiary/aromatic N) is 2. The number of benzene rings is 2. The smallest absolute Gasteiger partial charge is 0.161 e. The van der Waals surface area contributed by atoms with Crippen molar-refractivity contribution in [1.29, 1.82) is 0 Å². The van der Waals surface area contributed by atoms with Crippen LogP contribution in [-0.4, -0.2) is 9.97 Å². The van der Waals surface area contributed by atoms with E-state index in [4.69, 9.17) is 11.6 Å². The Morgan fingerprint density at radius 2 is 1.62 bits per heavy atom. The van der Waals surface area contributed by atoms with E-state index in [-0.39, 0.29) is 10.7 Å². The highest BCUT2D eigenvalue weighted by Crippen LogP contribution is 2.26. The molecule has 104 valence electrons. The minimum Gasteiger partial charge on any atom is -0.228 e. The molecule has 0 unspecified atom stereocenters. The molecule has 0 aliphatic rings. The van der Waals surface area contributed by atoms with Crippen molar-refractivity contribution in [3.05, 3.63) is 71.4 Å². The van der Waals surface area contributed by atoms with Gasteiger partial charge < -0.3 is 0 Å². The molecule has 0 aliphatic heterocycles. The van der Waals surface area contributed by atoms with Crippen LogP contribution in [0.3, 0.4) is 0 Å². The molecular formula is C16H9ClF2N2. The molecule has 3 aromatic rings. The summed E-state index contributed by atoms with van der Waals surface area (Å²) in [6.45, 7) is 0. The van der Waals surface area contributed by atoms with E-state index in [1.54, 1.807) is 0 Å². The fourth-order valence-electron chi connectivity index (χ4n) is 1.97. The molecule has 1 heterocycles. The summed E-state index contributed by atoms with van der Waals surface area (Å²) >= 11 is 5.99. The zero-order chi connectivity index (χ0) is 14.8. The van der Waals surface area contributed by atoms with Crippen molar-refractivity contribution in [2.75, 3.05) is 0 Å². The first kappa shape index (κ1) is 13.6. The van der Waals surface area contributed by atoms with E-state index in [0.29, 0.717) is 11.5 Å². The molecule has 0 aliphatic carbocycles. The van der Waals surface area contributed by atoms with Gasteiger partial charge in [-0.3, -0.25) is 0 Å². The van der Waals surface area contributed by atoms with Crippen LogP contribution in [0.15, 0.2) is 54.6 Å². The maximum absolute atomic E-state index is 13.9. The summed E-state index contributed by atoms with van der Waals surface area (Å²) in [4.78, 5) is 8.44. The summed E-state index contributed by atoms with van der Waals surface area (Å²) in [6.07, 6.45) is 0. The monoisotopic (exact) mass is 302 g/mol. The largest absolute Gasteiger partial charge is 0.228 e. The Morgan fingerprint density at radius 1 is 0.857 bits per heavy atom. The highest BCUT2D eigenvalue weighted by molar-refractivity contribution is 6.29. The van der Waals surface area contributed by atoms with Crippen molar-refractivity contribution in [1.82, 2.24) is 9.97 Å². The van der Waals surface area contributed by atoms with Crippen molar-refractivity contribution < 1.29 is 8.78 Å². The molecule has 3 rings (SSSR count). The minimum absolute atomic E-state index is 0.179. The minimum atomic E-state index is -0.691. The van der Waals surface area contributed by atoms with E-state index in [0.717, 1.165) is 11.6 Å². The second-order valence-electron chi connectivity index (χ2n) is 4.39. The highest BCUT2D eigenvalue weighted by atomic mass is 35.5. The van der Waals surface area contributed by atoms with Gasteiger partial charge in [0.25, 0.3) is 0 Å². The van der Waals surface area contributed by atoms with Crippen LogP contribution in [0, 0.1) is 11.6 Å². The van der Waals surface area contributed by atoms with Crippen molar-refractivity contribution in [2.45, 2.75) is 0 Å². The number of halogens is 3. The van der Waals surface area contributed by atoms with Crippen molar-refractivity contribution in [2.24, 2.45) is 0 Å². The van der Waals surface area contributed by atoms with Gasteiger partial charge in [-0.15, -0.1) is 0 Å². The van der Waals surface area contributed by atoms with Gasteiger partial charge in [0.05, 0.1) is 5.69 Å². The SMILES string of the molecule is Fc1ccc(-c2cc(Cl)nc(-c3ccccc3)n2)c(F)c1. The summed E-state index contributed by atoms with van der Waals surface area (Å²) < 4.78 is 26.8. The van der Waals surface area contributed by atoms with Crippen LogP contribution in [0.1, 0.15) is 0 Å². The molecule has 0 radical (unpaired) electrons. The summed E-state index contributed by atoms with van der Waals surface area (Å²) in [7, 11) is 0. The molecule has 0 spiro atoms. The van der Waals surface area contributed by atoms with Gasteiger partial charge in [0, 0.05) is 23.3 Å². The molecule has 1 aromatic heterocycles. The molecule has 0 fully saturated rings. The second kappa shape index (κ2) is 5.58. The Labute approximate surface area is 125 Å². The number of hydrogen-bond donors (Lipinski definition) is 0. The molecule has 21 heavy (non-hydrogen) atoms. The van der Waals surface area contributed by atoms with Crippen LogP contribution in [0.25, 0.3) is 22.6 Å². The lowest BCUT2D eigenvalue weighted by Crippen LogP contribution is -1.95. The van der Waals surface area contributed by atoms with Crippen LogP contribution in [0.2, 0.25) is 5.15 Å². The van der Waals surface area contributed by atoms with E-state index in [9.17, 15) is 8.78 Å². The predicted molar refractivity (Wildman–Crippen MR) is 77.8 cm³/mol. The first-order chi connectivity index (χ1) is 10.1. The molecule has 0 saturated heterocycles. The molecule has 0 saturated carbocycles. The van der Waals surface area contributed by atoms with Crippen LogP contribution in [-0.2, 0) is 0 Å². The predicted octanol–water partition coefficient (Wildman–Crippen LogP) is 4.74. The third-order valence-corrected chi connectivity index (χ3v) is 3.13. The first-order valence-electron chi connectivity index (χ1n) is 6.19. The number of rotatable bonds is 2. The van der Waals surface area contributed by atoms with Gasteiger partial charge in [-0.05, 0) is 12.1 Å². The van der Waals surface area contributed by atoms with Crippen LogP contribution in [0.5, 0.6) is 0 Å². The quantitative estimate of drug-likeness (QED) is 0.639. The molecule has 2 aromatic carbocycles. The van der Waals surface area contributed by atoms with Crippen LogP contribution >= 0.6 is 11.6 Å². The van der Waals surface area contributed by atoms with Crippen LogP contribution < -0.4 is 0 Å². The number of aromatic nitrogens is 2. The molecule has 0 N–H and O–H groups in total. The third kappa shape index (κ3) is 2.90. The third-order valence-electron chi connectivity index (χ3n) is 2.93. The zero-order valence-electron chi connectivity index (χ0n) is 10.7. The van der Waals surface area contributed by atoms with Gasteiger partial charge in [0.15, 0.2) is 5.82 Å². The molecule has 0 atom stereocenters. The van der Waals surface area contributed by atoms with E-state index in [2.05, 4.69) is 9.97 Å².